The normalized spacial score (nSPS) is 16.9. The van der Waals surface area contributed by atoms with Gasteiger partial charge in [-0.3, -0.25) is 9.48 Å². The van der Waals surface area contributed by atoms with E-state index in [1.54, 1.807) is 6.20 Å². The Kier molecular flexibility index (Phi) is 5.10. The number of anilines is 2. The minimum absolute atomic E-state index is 0.137. The van der Waals surface area contributed by atoms with Gasteiger partial charge in [0.2, 0.25) is 0 Å². The smallest absolute Gasteiger partial charge is 0.251 e. The van der Waals surface area contributed by atoms with E-state index in [-0.39, 0.29) is 5.56 Å². The summed E-state index contributed by atoms with van der Waals surface area (Å²) in [4.78, 5) is 25.9. The van der Waals surface area contributed by atoms with E-state index in [1.165, 1.54) is 6.07 Å². The second kappa shape index (κ2) is 7.84. The lowest BCUT2D eigenvalue weighted by molar-refractivity contribution is 0.529. The lowest BCUT2D eigenvalue weighted by Crippen LogP contribution is -2.42. The molecule has 0 aromatic carbocycles. The van der Waals surface area contributed by atoms with Crippen LogP contribution in [-0.4, -0.2) is 43.9 Å². The van der Waals surface area contributed by atoms with Gasteiger partial charge in [-0.15, -0.1) is 0 Å². The number of H-pyrrole nitrogens is 1. The van der Waals surface area contributed by atoms with Crippen LogP contribution in [0.2, 0.25) is 0 Å². The fourth-order valence-corrected chi connectivity index (χ4v) is 3.56. The van der Waals surface area contributed by atoms with Crippen molar-refractivity contribution in [1.82, 2.24) is 24.7 Å². The van der Waals surface area contributed by atoms with Gasteiger partial charge in [0.05, 0.1) is 11.9 Å². The van der Waals surface area contributed by atoms with Crippen LogP contribution in [0.5, 0.6) is 0 Å². The summed E-state index contributed by atoms with van der Waals surface area (Å²) in [7, 11) is 1.94. The van der Waals surface area contributed by atoms with Gasteiger partial charge in [0.1, 0.15) is 11.6 Å². The first-order chi connectivity index (χ1) is 13.6. The van der Waals surface area contributed by atoms with Crippen LogP contribution in [0.1, 0.15) is 25.5 Å². The van der Waals surface area contributed by atoms with Gasteiger partial charge in [-0.05, 0) is 31.4 Å². The Bertz CT molecular complexity index is 992. The van der Waals surface area contributed by atoms with Crippen LogP contribution in [-0.2, 0) is 13.5 Å². The maximum absolute atomic E-state index is 11.8. The summed E-state index contributed by atoms with van der Waals surface area (Å²) >= 11 is 0. The lowest BCUT2D eigenvalue weighted by Gasteiger charge is -2.34. The first-order valence-corrected chi connectivity index (χ1v) is 9.67. The highest BCUT2D eigenvalue weighted by Crippen LogP contribution is 2.22. The summed E-state index contributed by atoms with van der Waals surface area (Å²) in [6.07, 6.45) is 8.66. The number of hydrogen-bond donors (Lipinski definition) is 2. The van der Waals surface area contributed by atoms with Crippen molar-refractivity contribution in [1.29, 1.82) is 0 Å². The molecule has 2 N–H and O–H groups in total. The van der Waals surface area contributed by atoms with Crippen LogP contribution >= 0.6 is 0 Å². The average Bonchev–Trinajstić information content (AvgIpc) is 3.15. The molecule has 3 aromatic rings. The molecular formula is C20H25N7O. The Balaban J connectivity index is 1.44. The van der Waals surface area contributed by atoms with Crippen molar-refractivity contribution in [3.8, 4) is 11.4 Å². The molecule has 4 heterocycles. The predicted molar refractivity (Wildman–Crippen MR) is 110 cm³/mol. The number of rotatable bonds is 5. The summed E-state index contributed by atoms with van der Waals surface area (Å²) in [6.45, 7) is 3.95. The topological polar surface area (TPSA) is 91.7 Å². The van der Waals surface area contributed by atoms with Gasteiger partial charge in [0.25, 0.3) is 5.56 Å². The zero-order valence-corrected chi connectivity index (χ0v) is 16.2. The van der Waals surface area contributed by atoms with Gasteiger partial charge >= 0.3 is 0 Å². The maximum atomic E-state index is 11.8. The minimum Gasteiger partial charge on any atom is -0.367 e. The van der Waals surface area contributed by atoms with E-state index in [4.69, 9.17) is 0 Å². The van der Waals surface area contributed by atoms with Crippen molar-refractivity contribution < 1.29 is 0 Å². The number of aryl methyl sites for hydroxylation is 2. The largest absolute Gasteiger partial charge is 0.367 e. The van der Waals surface area contributed by atoms with Crippen LogP contribution in [0.25, 0.3) is 11.4 Å². The molecule has 0 radical (unpaired) electrons. The summed E-state index contributed by atoms with van der Waals surface area (Å²) in [5.41, 5.74) is 2.60. The van der Waals surface area contributed by atoms with E-state index in [9.17, 15) is 4.79 Å². The highest BCUT2D eigenvalue weighted by Gasteiger charge is 2.21. The van der Waals surface area contributed by atoms with E-state index in [1.807, 2.05) is 43.2 Å². The van der Waals surface area contributed by atoms with E-state index >= 15 is 0 Å². The first kappa shape index (κ1) is 18.2. The van der Waals surface area contributed by atoms with Crippen molar-refractivity contribution in [3.63, 3.8) is 0 Å². The van der Waals surface area contributed by atoms with Crippen LogP contribution < -0.4 is 15.8 Å². The average molecular weight is 379 g/mol. The molecule has 28 heavy (non-hydrogen) atoms. The zero-order valence-electron chi connectivity index (χ0n) is 16.2. The molecule has 146 valence electrons. The number of hydrogen-bond acceptors (Lipinski definition) is 6. The molecule has 1 saturated heterocycles. The van der Waals surface area contributed by atoms with Gasteiger partial charge in [-0.2, -0.15) is 5.10 Å². The zero-order chi connectivity index (χ0) is 19.5. The highest BCUT2D eigenvalue weighted by molar-refractivity contribution is 5.56. The fourth-order valence-electron chi connectivity index (χ4n) is 3.56. The number of aromatic nitrogens is 5. The van der Waals surface area contributed by atoms with Crippen LogP contribution in [0.15, 0.2) is 41.6 Å². The molecule has 4 rings (SSSR count). The summed E-state index contributed by atoms with van der Waals surface area (Å²) in [5.74, 6) is 1.39. The SMILES string of the molecule is CCc1cc(=O)[nH]c(-c2ccc(NC3CCCN(c4cnn(C)c4)C3)nc2)n1. The van der Waals surface area contributed by atoms with Crippen LogP contribution in [0.4, 0.5) is 11.5 Å². The number of piperidine rings is 1. The molecule has 0 bridgehead atoms. The molecule has 0 saturated carbocycles. The maximum Gasteiger partial charge on any atom is 0.251 e. The molecule has 3 aromatic heterocycles. The van der Waals surface area contributed by atoms with Crippen LogP contribution in [0.3, 0.4) is 0 Å². The minimum atomic E-state index is -0.137. The van der Waals surface area contributed by atoms with Crippen molar-refractivity contribution in [2.24, 2.45) is 7.05 Å². The Morgan fingerprint density at radius 1 is 1.32 bits per heavy atom. The van der Waals surface area contributed by atoms with E-state index in [2.05, 4.69) is 30.3 Å². The molecule has 0 spiro atoms. The molecule has 1 aliphatic heterocycles. The highest BCUT2D eigenvalue weighted by atomic mass is 16.1. The summed E-state index contributed by atoms with van der Waals surface area (Å²) < 4.78 is 1.83. The molecule has 0 aliphatic carbocycles. The molecule has 8 heteroatoms. The number of pyridine rings is 1. The molecule has 1 unspecified atom stereocenters. The first-order valence-electron chi connectivity index (χ1n) is 9.67. The Morgan fingerprint density at radius 3 is 2.93 bits per heavy atom. The summed E-state index contributed by atoms with van der Waals surface area (Å²) in [6, 6.07) is 5.74. The summed E-state index contributed by atoms with van der Waals surface area (Å²) in [5, 5.41) is 7.80. The molecule has 1 atom stereocenters. The quantitative estimate of drug-likeness (QED) is 0.706. The van der Waals surface area contributed by atoms with E-state index in [0.29, 0.717) is 11.9 Å². The number of nitrogens with one attached hydrogen (secondary N) is 2. The van der Waals surface area contributed by atoms with Gasteiger partial charge in [0.15, 0.2) is 0 Å². The van der Waals surface area contributed by atoms with Gasteiger partial charge < -0.3 is 15.2 Å². The second-order valence-corrected chi connectivity index (χ2v) is 7.17. The van der Waals surface area contributed by atoms with Crippen molar-refractivity contribution in [2.75, 3.05) is 23.3 Å². The number of nitrogens with zero attached hydrogens (tertiary/aromatic N) is 5. The second-order valence-electron chi connectivity index (χ2n) is 7.17. The third kappa shape index (κ3) is 4.05. The van der Waals surface area contributed by atoms with Crippen LogP contribution in [0, 0.1) is 0 Å². The molecule has 1 fully saturated rings. The Morgan fingerprint density at radius 2 is 2.21 bits per heavy atom. The van der Waals surface area contributed by atoms with Crippen molar-refractivity contribution >= 4 is 11.5 Å². The third-order valence-corrected chi connectivity index (χ3v) is 5.02. The molecule has 1 aliphatic rings. The fraction of sp³-hybridized carbons (Fsp3) is 0.400. The Labute approximate surface area is 163 Å². The Hall–Kier alpha value is -3.16. The molecular weight excluding hydrogens is 354 g/mol. The standard InChI is InChI=1S/C20H25N7O/c1-3-15-9-19(28)25-20(24-15)14-6-7-18(21-10-14)23-16-5-4-8-27(12-16)17-11-22-26(2)13-17/h6-7,9-11,13,16H,3-5,8,12H2,1-2H3,(H,21,23)(H,24,25,28). The van der Waals surface area contributed by atoms with E-state index < -0.39 is 0 Å². The van der Waals surface area contributed by atoms with Gasteiger partial charge in [0, 0.05) is 55.9 Å². The molecule has 8 nitrogen and oxygen atoms in total. The third-order valence-electron chi connectivity index (χ3n) is 5.02. The predicted octanol–water partition coefficient (Wildman–Crippen LogP) is 2.21. The monoisotopic (exact) mass is 379 g/mol. The van der Waals surface area contributed by atoms with E-state index in [0.717, 1.165) is 55.1 Å². The lowest BCUT2D eigenvalue weighted by atomic mass is 10.1. The van der Waals surface area contributed by atoms with Gasteiger partial charge in [-0.1, -0.05) is 6.92 Å². The van der Waals surface area contributed by atoms with Crippen molar-refractivity contribution in [3.05, 3.63) is 52.8 Å². The van der Waals surface area contributed by atoms with Gasteiger partial charge in [-0.25, -0.2) is 9.97 Å². The number of aromatic amines is 1. The van der Waals surface area contributed by atoms with Crippen molar-refractivity contribution in [2.45, 2.75) is 32.2 Å². The molecule has 0 amide bonds.